The molecular formula is C18H19F2NO3. The molecule has 24 heavy (non-hydrogen) atoms. The molecule has 4 nitrogen and oxygen atoms in total. The molecule has 0 saturated heterocycles. The first kappa shape index (κ1) is 17.9. The van der Waals surface area contributed by atoms with E-state index in [1.54, 1.807) is 7.05 Å². The van der Waals surface area contributed by atoms with Crippen LogP contribution in [0, 0.1) is 11.6 Å². The number of aliphatic hydroxyl groups excluding tert-OH is 1. The topological polar surface area (TPSA) is 49.8 Å². The number of amides is 1. The van der Waals surface area contributed by atoms with Gasteiger partial charge in [0, 0.05) is 19.7 Å². The Morgan fingerprint density at radius 3 is 2.54 bits per heavy atom. The Kier molecular flexibility index (Phi) is 6.26. The molecule has 1 amide bonds. The summed E-state index contributed by atoms with van der Waals surface area (Å²) in [6, 6.07) is 11.9. The summed E-state index contributed by atoms with van der Waals surface area (Å²) in [6.45, 7) is -0.460. The van der Waals surface area contributed by atoms with Crippen LogP contribution in [-0.4, -0.2) is 36.2 Å². The van der Waals surface area contributed by atoms with Crippen molar-refractivity contribution in [1.29, 1.82) is 0 Å². The molecule has 1 atom stereocenters. The van der Waals surface area contributed by atoms with Crippen LogP contribution in [0.1, 0.15) is 18.0 Å². The van der Waals surface area contributed by atoms with Crippen LogP contribution in [0.2, 0.25) is 0 Å². The highest BCUT2D eigenvalue weighted by atomic mass is 19.1. The lowest BCUT2D eigenvalue weighted by Gasteiger charge is -2.28. The Hall–Kier alpha value is -2.47. The summed E-state index contributed by atoms with van der Waals surface area (Å²) < 4.78 is 31.5. The van der Waals surface area contributed by atoms with E-state index in [4.69, 9.17) is 4.74 Å². The highest BCUT2D eigenvalue weighted by Gasteiger charge is 2.22. The molecule has 0 spiro atoms. The largest absolute Gasteiger partial charge is 0.481 e. The molecule has 0 aliphatic rings. The zero-order valence-corrected chi connectivity index (χ0v) is 13.3. The molecule has 0 aliphatic heterocycles. The SMILES string of the molecule is CN(C(=O)COc1ccc(F)cc1F)C(CCO)c1ccccc1. The fourth-order valence-corrected chi connectivity index (χ4v) is 2.39. The molecule has 2 aromatic rings. The second kappa shape index (κ2) is 8.40. The van der Waals surface area contributed by atoms with E-state index in [1.165, 1.54) is 4.90 Å². The van der Waals surface area contributed by atoms with Gasteiger partial charge in [-0.1, -0.05) is 30.3 Å². The summed E-state index contributed by atoms with van der Waals surface area (Å²) in [5, 5.41) is 9.24. The van der Waals surface area contributed by atoms with Crippen LogP contribution in [0.5, 0.6) is 5.75 Å². The summed E-state index contributed by atoms with van der Waals surface area (Å²) >= 11 is 0. The Morgan fingerprint density at radius 1 is 1.21 bits per heavy atom. The van der Waals surface area contributed by atoms with Gasteiger partial charge in [0.05, 0.1) is 6.04 Å². The van der Waals surface area contributed by atoms with Crippen molar-refractivity contribution in [2.75, 3.05) is 20.3 Å². The van der Waals surface area contributed by atoms with Crippen LogP contribution in [0.3, 0.4) is 0 Å². The zero-order chi connectivity index (χ0) is 17.5. The van der Waals surface area contributed by atoms with Crippen molar-refractivity contribution in [3.05, 3.63) is 65.7 Å². The summed E-state index contributed by atoms with van der Waals surface area (Å²) in [5.41, 5.74) is 0.885. The molecular weight excluding hydrogens is 316 g/mol. The molecule has 0 saturated carbocycles. The molecule has 2 rings (SSSR count). The highest BCUT2D eigenvalue weighted by Crippen LogP contribution is 2.23. The van der Waals surface area contributed by atoms with Crippen molar-refractivity contribution in [1.82, 2.24) is 4.90 Å². The van der Waals surface area contributed by atoms with Crippen molar-refractivity contribution in [3.63, 3.8) is 0 Å². The minimum atomic E-state index is -0.861. The Labute approximate surface area is 139 Å². The number of carbonyl (C=O) groups excluding carboxylic acids is 1. The Balaban J connectivity index is 2.04. The maximum absolute atomic E-state index is 13.5. The van der Waals surface area contributed by atoms with Gasteiger partial charge in [0.2, 0.25) is 0 Å². The van der Waals surface area contributed by atoms with Gasteiger partial charge in [0.15, 0.2) is 18.2 Å². The molecule has 0 heterocycles. The van der Waals surface area contributed by atoms with Crippen LogP contribution in [-0.2, 0) is 4.79 Å². The van der Waals surface area contributed by atoms with Crippen LogP contribution in [0.15, 0.2) is 48.5 Å². The standard InChI is InChI=1S/C18H19F2NO3/c1-21(16(9-10-22)13-5-3-2-4-6-13)18(23)12-24-17-8-7-14(19)11-15(17)20/h2-8,11,16,22H,9-10,12H2,1H3. The number of hydrogen-bond donors (Lipinski definition) is 1. The normalized spacial score (nSPS) is 11.8. The molecule has 0 bridgehead atoms. The number of aliphatic hydroxyl groups is 1. The van der Waals surface area contributed by atoms with Crippen LogP contribution in [0.4, 0.5) is 8.78 Å². The molecule has 1 N–H and O–H groups in total. The Morgan fingerprint density at radius 2 is 1.92 bits per heavy atom. The number of rotatable bonds is 7. The summed E-state index contributed by atoms with van der Waals surface area (Å²) in [7, 11) is 1.60. The third-order valence-corrected chi connectivity index (χ3v) is 3.69. The molecule has 0 fully saturated rings. The minimum absolute atomic E-state index is 0.0787. The smallest absolute Gasteiger partial charge is 0.260 e. The monoisotopic (exact) mass is 335 g/mol. The van der Waals surface area contributed by atoms with E-state index in [-0.39, 0.29) is 30.9 Å². The van der Waals surface area contributed by atoms with Crippen LogP contribution < -0.4 is 4.74 Å². The van der Waals surface area contributed by atoms with Gasteiger partial charge in [-0.05, 0) is 24.1 Å². The van der Waals surface area contributed by atoms with Crippen LogP contribution >= 0.6 is 0 Å². The molecule has 2 aromatic carbocycles. The van der Waals surface area contributed by atoms with Crippen molar-refractivity contribution < 1.29 is 23.4 Å². The second-order valence-electron chi connectivity index (χ2n) is 5.31. The maximum Gasteiger partial charge on any atom is 0.260 e. The first-order valence-electron chi connectivity index (χ1n) is 7.52. The second-order valence-corrected chi connectivity index (χ2v) is 5.31. The lowest BCUT2D eigenvalue weighted by Crippen LogP contribution is -2.35. The third kappa shape index (κ3) is 4.52. The minimum Gasteiger partial charge on any atom is -0.481 e. The predicted octanol–water partition coefficient (Wildman–Crippen LogP) is 2.93. The van der Waals surface area contributed by atoms with Gasteiger partial charge in [0.25, 0.3) is 5.91 Å². The Bertz CT molecular complexity index is 679. The van der Waals surface area contributed by atoms with Gasteiger partial charge in [-0.3, -0.25) is 4.79 Å². The van der Waals surface area contributed by atoms with Gasteiger partial charge >= 0.3 is 0 Å². The number of halogens is 2. The van der Waals surface area contributed by atoms with E-state index < -0.39 is 11.6 Å². The zero-order valence-electron chi connectivity index (χ0n) is 13.3. The van der Waals surface area contributed by atoms with Crippen molar-refractivity contribution in [2.45, 2.75) is 12.5 Å². The van der Waals surface area contributed by atoms with E-state index in [2.05, 4.69) is 0 Å². The number of benzene rings is 2. The lowest BCUT2D eigenvalue weighted by molar-refractivity contribution is -0.134. The van der Waals surface area contributed by atoms with Gasteiger partial charge < -0.3 is 14.7 Å². The van der Waals surface area contributed by atoms with Gasteiger partial charge in [-0.15, -0.1) is 0 Å². The van der Waals surface area contributed by atoms with E-state index in [1.807, 2.05) is 30.3 Å². The van der Waals surface area contributed by atoms with Crippen molar-refractivity contribution in [2.24, 2.45) is 0 Å². The molecule has 0 aliphatic carbocycles. The third-order valence-electron chi connectivity index (χ3n) is 3.69. The molecule has 0 radical (unpaired) electrons. The van der Waals surface area contributed by atoms with Gasteiger partial charge in [0.1, 0.15) is 5.82 Å². The first-order chi connectivity index (χ1) is 11.5. The number of ether oxygens (including phenoxy) is 1. The van der Waals surface area contributed by atoms with E-state index >= 15 is 0 Å². The molecule has 0 aromatic heterocycles. The van der Waals surface area contributed by atoms with Crippen LogP contribution in [0.25, 0.3) is 0 Å². The molecule has 128 valence electrons. The lowest BCUT2D eigenvalue weighted by atomic mass is 10.0. The van der Waals surface area contributed by atoms with Gasteiger partial charge in [-0.25, -0.2) is 8.78 Å². The first-order valence-corrected chi connectivity index (χ1v) is 7.52. The fourth-order valence-electron chi connectivity index (χ4n) is 2.39. The summed E-state index contributed by atoms with van der Waals surface area (Å²) in [5.74, 6) is -2.13. The number of carbonyl (C=O) groups is 1. The number of likely N-dealkylation sites (N-methyl/N-ethyl adjacent to an activating group) is 1. The van der Waals surface area contributed by atoms with E-state index in [9.17, 15) is 18.7 Å². The maximum atomic E-state index is 13.5. The van der Waals surface area contributed by atoms with E-state index in [0.717, 1.165) is 17.7 Å². The number of nitrogens with zero attached hydrogens (tertiary/aromatic N) is 1. The summed E-state index contributed by atoms with van der Waals surface area (Å²) in [4.78, 5) is 13.8. The van der Waals surface area contributed by atoms with Crippen molar-refractivity contribution >= 4 is 5.91 Å². The quantitative estimate of drug-likeness (QED) is 0.846. The number of hydrogen-bond acceptors (Lipinski definition) is 3. The molecule has 1 unspecified atom stereocenters. The average molecular weight is 335 g/mol. The predicted molar refractivity (Wildman–Crippen MR) is 85.5 cm³/mol. The average Bonchev–Trinajstić information content (AvgIpc) is 2.59. The van der Waals surface area contributed by atoms with Crippen molar-refractivity contribution in [3.8, 4) is 5.75 Å². The van der Waals surface area contributed by atoms with E-state index in [0.29, 0.717) is 12.5 Å². The van der Waals surface area contributed by atoms with Gasteiger partial charge in [-0.2, -0.15) is 0 Å². The molecule has 6 heteroatoms. The summed E-state index contributed by atoms with van der Waals surface area (Å²) in [6.07, 6.45) is 0.372. The fraction of sp³-hybridized carbons (Fsp3) is 0.278. The highest BCUT2D eigenvalue weighted by molar-refractivity contribution is 5.78.